The summed E-state index contributed by atoms with van der Waals surface area (Å²) in [6.07, 6.45) is -2.67. The Kier molecular flexibility index (Phi) is 9.99. The van der Waals surface area contributed by atoms with E-state index in [4.69, 9.17) is 19.8 Å². The summed E-state index contributed by atoms with van der Waals surface area (Å²) in [5, 5.41) is 14.4. The third kappa shape index (κ3) is 13.7. The van der Waals surface area contributed by atoms with Crippen molar-refractivity contribution in [2.24, 2.45) is 11.5 Å². The zero-order chi connectivity index (χ0) is 16.1. The number of benzene rings is 2. The summed E-state index contributed by atoms with van der Waals surface area (Å²) >= 11 is 0.461. The fourth-order valence-corrected chi connectivity index (χ4v) is 2.91. The Morgan fingerprint density at radius 2 is 0.952 bits per heavy atom. The van der Waals surface area contributed by atoms with Crippen molar-refractivity contribution in [2.45, 2.75) is 0 Å². The molecule has 0 aliphatic carbocycles. The molecular formula is C14H16N2O4Se. The normalized spacial score (nSPS) is 8.38. The standard InChI is InChI=1S/C12H10Se.2CH3NO2/c1-3-7-11(8-4-1)13-12-9-5-2-6-10-12;2*2-1(3)4/h1-10H;2*2H2,(H,3,4). The maximum absolute atomic E-state index is 8.78. The SMILES string of the molecule is NC(=O)O.NC(=O)O.c1ccc([Se]c2ccccc2)cc1. The van der Waals surface area contributed by atoms with Crippen LogP contribution in [0.5, 0.6) is 0 Å². The van der Waals surface area contributed by atoms with E-state index >= 15 is 0 Å². The summed E-state index contributed by atoms with van der Waals surface area (Å²) in [4.78, 5) is 17.6. The quantitative estimate of drug-likeness (QED) is 0.588. The molecule has 0 aromatic heterocycles. The van der Waals surface area contributed by atoms with Crippen molar-refractivity contribution in [3.8, 4) is 0 Å². The van der Waals surface area contributed by atoms with Gasteiger partial charge in [-0.15, -0.1) is 0 Å². The zero-order valence-electron chi connectivity index (χ0n) is 11.0. The van der Waals surface area contributed by atoms with E-state index in [2.05, 4.69) is 72.1 Å². The molecule has 2 amide bonds. The number of carboxylic acid groups (broad SMARTS) is 2. The summed E-state index contributed by atoms with van der Waals surface area (Å²) in [6.45, 7) is 0. The van der Waals surface area contributed by atoms with Gasteiger partial charge >= 0.3 is 96.7 Å². The van der Waals surface area contributed by atoms with Gasteiger partial charge in [0.15, 0.2) is 0 Å². The predicted octanol–water partition coefficient (Wildman–Crippen LogP) is 0.588. The molecule has 0 heterocycles. The average Bonchev–Trinajstić information content (AvgIpc) is 2.40. The van der Waals surface area contributed by atoms with E-state index in [-0.39, 0.29) is 0 Å². The van der Waals surface area contributed by atoms with Crippen LogP contribution in [0.3, 0.4) is 0 Å². The first-order valence-electron chi connectivity index (χ1n) is 5.66. The number of hydrogen-bond donors (Lipinski definition) is 4. The fraction of sp³-hybridized carbons (Fsp3) is 0. The van der Waals surface area contributed by atoms with Gasteiger partial charge in [-0.2, -0.15) is 0 Å². The van der Waals surface area contributed by atoms with Gasteiger partial charge in [-0.25, -0.2) is 9.59 Å². The molecule has 0 unspecified atom stereocenters. The van der Waals surface area contributed by atoms with Crippen LogP contribution in [0.25, 0.3) is 0 Å². The molecule has 0 atom stereocenters. The number of primary amides is 2. The topological polar surface area (TPSA) is 127 Å². The van der Waals surface area contributed by atoms with Crippen LogP contribution < -0.4 is 20.4 Å². The second-order valence-electron chi connectivity index (χ2n) is 3.40. The Labute approximate surface area is 128 Å². The Morgan fingerprint density at radius 3 is 1.19 bits per heavy atom. The first-order valence-corrected chi connectivity index (χ1v) is 7.38. The van der Waals surface area contributed by atoms with E-state index in [9.17, 15) is 0 Å². The zero-order valence-corrected chi connectivity index (χ0v) is 12.8. The summed E-state index contributed by atoms with van der Waals surface area (Å²) in [7, 11) is 0. The molecule has 0 aliphatic heterocycles. The predicted molar refractivity (Wildman–Crippen MR) is 82.3 cm³/mol. The van der Waals surface area contributed by atoms with Crippen molar-refractivity contribution >= 4 is 36.1 Å². The monoisotopic (exact) mass is 356 g/mol. The van der Waals surface area contributed by atoms with E-state index in [1.165, 1.54) is 8.92 Å². The Bertz CT molecular complexity index is 478. The molecule has 0 aliphatic rings. The van der Waals surface area contributed by atoms with E-state index in [1.54, 1.807) is 0 Å². The molecule has 7 heteroatoms. The first kappa shape index (κ1) is 18.5. The van der Waals surface area contributed by atoms with Gasteiger partial charge in [0, 0.05) is 0 Å². The second-order valence-corrected chi connectivity index (χ2v) is 5.81. The van der Waals surface area contributed by atoms with Crippen LogP contribution in [-0.4, -0.2) is 37.4 Å². The van der Waals surface area contributed by atoms with Gasteiger partial charge in [0.2, 0.25) is 0 Å². The number of carbonyl (C=O) groups is 2. The third-order valence-electron chi connectivity index (χ3n) is 1.72. The van der Waals surface area contributed by atoms with Gasteiger partial charge in [0.05, 0.1) is 0 Å². The van der Waals surface area contributed by atoms with Crippen molar-refractivity contribution in [3.05, 3.63) is 60.7 Å². The first-order chi connectivity index (χ1) is 9.91. The third-order valence-corrected chi connectivity index (χ3v) is 3.85. The van der Waals surface area contributed by atoms with Crippen LogP contribution in [-0.2, 0) is 0 Å². The van der Waals surface area contributed by atoms with Crippen LogP contribution in [0.4, 0.5) is 9.59 Å². The molecule has 0 saturated carbocycles. The summed E-state index contributed by atoms with van der Waals surface area (Å²) < 4.78 is 2.86. The Balaban J connectivity index is 0.000000421. The molecule has 21 heavy (non-hydrogen) atoms. The van der Waals surface area contributed by atoms with Crippen LogP contribution in [0, 0.1) is 0 Å². The van der Waals surface area contributed by atoms with Gasteiger partial charge in [-0.05, 0) is 0 Å². The molecule has 0 fully saturated rings. The number of amides is 2. The van der Waals surface area contributed by atoms with Crippen molar-refractivity contribution in [1.29, 1.82) is 0 Å². The minimum absolute atomic E-state index is 0.461. The van der Waals surface area contributed by atoms with Gasteiger partial charge < -0.3 is 21.7 Å². The molecule has 0 bridgehead atoms. The molecule has 0 saturated heterocycles. The van der Waals surface area contributed by atoms with Crippen LogP contribution in [0.2, 0.25) is 0 Å². The van der Waals surface area contributed by atoms with Crippen molar-refractivity contribution < 1.29 is 19.8 Å². The average molecular weight is 355 g/mol. The van der Waals surface area contributed by atoms with E-state index in [1.807, 2.05) is 0 Å². The summed E-state index contributed by atoms with van der Waals surface area (Å²) in [5.74, 6) is 0. The van der Waals surface area contributed by atoms with Gasteiger partial charge in [0.25, 0.3) is 0 Å². The Hall–Kier alpha value is -2.50. The number of hydrogen-bond acceptors (Lipinski definition) is 2. The van der Waals surface area contributed by atoms with Crippen LogP contribution >= 0.6 is 0 Å². The molecule has 2 rings (SSSR count). The molecule has 6 N–H and O–H groups in total. The molecular weight excluding hydrogens is 339 g/mol. The fourth-order valence-electron chi connectivity index (χ4n) is 1.11. The summed E-state index contributed by atoms with van der Waals surface area (Å²) in [6, 6.07) is 21.3. The minimum atomic E-state index is -1.33. The summed E-state index contributed by atoms with van der Waals surface area (Å²) in [5.41, 5.74) is 8.06. The van der Waals surface area contributed by atoms with Gasteiger partial charge in [-0.1, -0.05) is 0 Å². The second kappa shape index (κ2) is 11.3. The molecule has 6 nitrogen and oxygen atoms in total. The molecule has 2 aromatic rings. The molecule has 0 radical (unpaired) electrons. The van der Waals surface area contributed by atoms with E-state index in [0.29, 0.717) is 15.0 Å². The van der Waals surface area contributed by atoms with E-state index < -0.39 is 12.2 Å². The van der Waals surface area contributed by atoms with Crippen LogP contribution in [0.15, 0.2) is 60.7 Å². The van der Waals surface area contributed by atoms with Crippen LogP contribution in [0.1, 0.15) is 0 Å². The van der Waals surface area contributed by atoms with E-state index in [0.717, 1.165) is 0 Å². The Morgan fingerprint density at radius 1 is 0.714 bits per heavy atom. The van der Waals surface area contributed by atoms with Crippen molar-refractivity contribution in [2.75, 3.05) is 0 Å². The number of nitrogens with two attached hydrogens (primary N) is 2. The van der Waals surface area contributed by atoms with Crippen molar-refractivity contribution in [3.63, 3.8) is 0 Å². The van der Waals surface area contributed by atoms with Gasteiger partial charge in [0.1, 0.15) is 0 Å². The molecule has 2 aromatic carbocycles. The molecule has 112 valence electrons. The maximum atomic E-state index is 8.78. The molecule has 0 spiro atoms. The van der Waals surface area contributed by atoms with Gasteiger partial charge in [-0.3, -0.25) is 0 Å². The van der Waals surface area contributed by atoms with Crippen molar-refractivity contribution in [1.82, 2.24) is 0 Å². The number of rotatable bonds is 2.